The number of nitro groups is 1. The lowest BCUT2D eigenvalue weighted by molar-refractivity contribution is -0.385. The normalized spacial score (nSPS) is 11.1. The number of anilines is 2. The second-order valence-corrected chi connectivity index (χ2v) is 6.01. The summed E-state index contributed by atoms with van der Waals surface area (Å²) in [4.78, 5) is 9.75. The van der Waals surface area contributed by atoms with Crippen molar-refractivity contribution in [3.05, 3.63) is 58.1 Å². The van der Waals surface area contributed by atoms with E-state index in [1.807, 2.05) is 19.1 Å². The Bertz CT molecular complexity index is 803. The van der Waals surface area contributed by atoms with E-state index in [0.717, 1.165) is 11.6 Å². The van der Waals surface area contributed by atoms with Gasteiger partial charge in [-0.3, -0.25) is 10.1 Å². The van der Waals surface area contributed by atoms with Gasteiger partial charge in [0.05, 0.1) is 10.6 Å². The minimum absolute atomic E-state index is 0.189. The summed E-state index contributed by atoms with van der Waals surface area (Å²) in [6.45, 7) is 1.89. The molecule has 0 saturated heterocycles. The van der Waals surface area contributed by atoms with Gasteiger partial charge in [0.2, 0.25) is 10.0 Å². The van der Waals surface area contributed by atoms with Crippen LogP contribution in [-0.4, -0.2) is 13.3 Å². The van der Waals surface area contributed by atoms with Crippen LogP contribution in [0.3, 0.4) is 0 Å². The summed E-state index contributed by atoms with van der Waals surface area (Å²) in [6.07, 6.45) is 0. The maximum atomic E-state index is 11.6. The minimum Gasteiger partial charge on any atom is -0.354 e. The van der Waals surface area contributed by atoms with Crippen molar-refractivity contribution in [3.63, 3.8) is 0 Å². The first-order valence-corrected chi connectivity index (χ1v) is 7.47. The summed E-state index contributed by atoms with van der Waals surface area (Å²) < 4.78 is 23.2. The predicted molar refractivity (Wildman–Crippen MR) is 78.9 cm³/mol. The van der Waals surface area contributed by atoms with Crippen molar-refractivity contribution in [1.29, 1.82) is 0 Å². The van der Waals surface area contributed by atoms with E-state index >= 15 is 0 Å². The Morgan fingerprint density at radius 2 is 1.90 bits per heavy atom. The summed E-state index contributed by atoms with van der Waals surface area (Å²) in [6, 6.07) is 10.7. The number of hydrogen-bond donors (Lipinski definition) is 2. The highest BCUT2D eigenvalue weighted by Gasteiger charge is 2.19. The van der Waals surface area contributed by atoms with Crippen LogP contribution in [0.1, 0.15) is 5.56 Å². The minimum atomic E-state index is -4.09. The van der Waals surface area contributed by atoms with Crippen molar-refractivity contribution in [2.45, 2.75) is 11.8 Å². The molecule has 3 N–H and O–H groups in total. The van der Waals surface area contributed by atoms with Crippen molar-refractivity contribution < 1.29 is 13.3 Å². The molecule has 0 aliphatic heterocycles. The first kappa shape index (κ1) is 14.9. The standard InChI is InChI=1S/C13H13N3O4S/c1-9-3-2-4-10(7-9)15-12-6-5-11(16(17)18)8-13(12)21(14,19)20/h2-8,15H,1H3,(H2,14,19,20). The van der Waals surface area contributed by atoms with E-state index in [1.54, 1.807) is 12.1 Å². The number of primary sulfonamides is 1. The Labute approximate surface area is 121 Å². The Balaban J connectivity index is 2.51. The van der Waals surface area contributed by atoms with Crippen LogP contribution in [0.4, 0.5) is 17.1 Å². The number of aryl methyl sites for hydroxylation is 1. The SMILES string of the molecule is Cc1cccc(Nc2ccc([N+](=O)[O-])cc2S(N)(=O)=O)c1. The number of sulfonamides is 1. The molecule has 21 heavy (non-hydrogen) atoms. The van der Waals surface area contributed by atoms with Crippen LogP contribution in [0, 0.1) is 17.0 Å². The second kappa shape index (κ2) is 5.51. The van der Waals surface area contributed by atoms with Crippen molar-refractivity contribution in [1.82, 2.24) is 0 Å². The fourth-order valence-electron chi connectivity index (χ4n) is 1.84. The van der Waals surface area contributed by atoms with Gasteiger partial charge in [-0.25, -0.2) is 13.6 Å². The Morgan fingerprint density at radius 3 is 2.48 bits per heavy atom. The van der Waals surface area contributed by atoms with Gasteiger partial charge in [-0.2, -0.15) is 0 Å². The average Bonchev–Trinajstić information content (AvgIpc) is 2.37. The van der Waals surface area contributed by atoms with E-state index in [0.29, 0.717) is 5.69 Å². The summed E-state index contributed by atoms with van der Waals surface area (Å²) >= 11 is 0. The van der Waals surface area contributed by atoms with Gasteiger partial charge in [-0.15, -0.1) is 0 Å². The summed E-state index contributed by atoms with van der Waals surface area (Å²) in [5.74, 6) is 0. The molecule has 0 saturated carbocycles. The van der Waals surface area contributed by atoms with E-state index in [4.69, 9.17) is 5.14 Å². The van der Waals surface area contributed by atoms with Crippen LogP contribution in [0.15, 0.2) is 47.4 Å². The third-order valence-electron chi connectivity index (χ3n) is 2.78. The van der Waals surface area contributed by atoms with Crippen LogP contribution in [0.5, 0.6) is 0 Å². The van der Waals surface area contributed by atoms with Crippen molar-refractivity contribution >= 4 is 27.1 Å². The zero-order chi connectivity index (χ0) is 15.6. The molecule has 110 valence electrons. The summed E-state index contributed by atoms with van der Waals surface area (Å²) in [7, 11) is -4.09. The van der Waals surface area contributed by atoms with Crippen LogP contribution in [0.25, 0.3) is 0 Å². The van der Waals surface area contributed by atoms with Crippen molar-refractivity contribution in [2.24, 2.45) is 5.14 Å². The molecule has 0 spiro atoms. The van der Waals surface area contributed by atoms with Gasteiger partial charge < -0.3 is 5.32 Å². The molecule has 0 fully saturated rings. The van der Waals surface area contributed by atoms with E-state index < -0.39 is 14.9 Å². The molecule has 0 atom stereocenters. The number of non-ortho nitro benzene ring substituents is 1. The topological polar surface area (TPSA) is 115 Å². The van der Waals surface area contributed by atoms with E-state index in [-0.39, 0.29) is 16.3 Å². The third-order valence-corrected chi connectivity index (χ3v) is 3.73. The lowest BCUT2D eigenvalue weighted by Gasteiger charge is -2.11. The van der Waals surface area contributed by atoms with E-state index in [2.05, 4.69) is 5.32 Å². The van der Waals surface area contributed by atoms with E-state index in [9.17, 15) is 18.5 Å². The Kier molecular flexibility index (Phi) is 3.92. The fourth-order valence-corrected chi connectivity index (χ4v) is 2.55. The highest BCUT2D eigenvalue weighted by molar-refractivity contribution is 7.89. The van der Waals surface area contributed by atoms with Gasteiger partial charge in [0, 0.05) is 17.8 Å². The molecule has 0 aromatic heterocycles. The molecule has 2 aromatic rings. The van der Waals surface area contributed by atoms with Gasteiger partial charge >= 0.3 is 0 Å². The quantitative estimate of drug-likeness (QED) is 0.664. The molecule has 0 amide bonds. The molecule has 8 heteroatoms. The molecular weight excluding hydrogens is 294 g/mol. The highest BCUT2D eigenvalue weighted by Crippen LogP contribution is 2.28. The fraction of sp³-hybridized carbons (Fsp3) is 0.0769. The van der Waals surface area contributed by atoms with Crippen molar-refractivity contribution in [2.75, 3.05) is 5.32 Å². The van der Waals surface area contributed by atoms with Gasteiger partial charge in [0.1, 0.15) is 4.90 Å². The zero-order valence-electron chi connectivity index (χ0n) is 11.1. The number of nitro benzene ring substituents is 1. The molecule has 0 radical (unpaired) electrons. The number of hydrogen-bond acceptors (Lipinski definition) is 5. The van der Waals surface area contributed by atoms with E-state index in [1.165, 1.54) is 12.1 Å². The highest BCUT2D eigenvalue weighted by atomic mass is 32.2. The van der Waals surface area contributed by atoms with Gasteiger partial charge in [0.15, 0.2) is 0 Å². The molecule has 0 bridgehead atoms. The Morgan fingerprint density at radius 1 is 1.19 bits per heavy atom. The maximum absolute atomic E-state index is 11.6. The zero-order valence-corrected chi connectivity index (χ0v) is 11.9. The molecule has 2 rings (SSSR count). The van der Waals surface area contributed by atoms with Gasteiger partial charge in [0.25, 0.3) is 5.69 Å². The van der Waals surface area contributed by atoms with Crippen LogP contribution in [-0.2, 0) is 10.0 Å². The smallest absolute Gasteiger partial charge is 0.270 e. The molecule has 0 aliphatic rings. The first-order chi connectivity index (χ1) is 9.77. The molecular formula is C13H13N3O4S. The van der Waals surface area contributed by atoms with Crippen LogP contribution >= 0.6 is 0 Å². The number of rotatable bonds is 4. The molecule has 0 aliphatic carbocycles. The molecule has 7 nitrogen and oxygen atoms in total. The lowest BCUT2D eigenvalue weighted by atomic mass is 10.2. The van der Waals surface area contributed by atoms with Crippen LogP contribution in [0.2, 0.25) is 0 Å². The van der Waals surface area contributed by atoms with Crippen LogP contribution < -0.4 is 10.5 Å². The van der Waals surface area contributed by atoms with Gasteiger partial charge in [-0.1, -0.05) is 12.1 Å². The summed E-state index contributed by atoms with van der Waals surface area (Å²) in [5, 5.41) is 18.8. The second-order valence-electron chi connectivity index (χ2n) is 4.48. The lowest BCUT2D eigenvalue weighted by Crippen LogP contribution is -2.14. The monoisotopic (exact) mass is 307 g/mol. The number of benzene rings is 2. The maximum Gasteiger partial charge on any atom is 0.270 e. The molecule has 2 aromatic carbocycles. The first-order valence-electron chi connectivity index (χ1n) is 5.92. The summed E-state index contributed by atoms with van der Waals surface area (Å²) in [5.41, 5.74) is 1.50. The van der Waals surface area contributed by atoms with Gasteiger partial charge in [-0.05, 0) is 30.7 Å². The number of nitrogens with two attached hydrogens (primary N) is 1. The molecule has 0 heterocycles. The third kappa shape index (κ3) is 3.56. The average molecular weight is 307 g/mol. The molecule has 0 unspecified atom stereocenters. The number of nitrogens with zero attached hydrogens (tertiary/aromatic N) is 1. The predicted octanol–water partition coefficient (Wildman–Crippen LogP) is 2.29. The number of nitrogens with one attached hydrogen (secondary N) is 1. The van der Waals surface area contributed by atoms with Crippen molar-refractivity contribution in [3.8, 4) is 0 Å². The largest absolute Gasteiger partial charge is 0.354 e. The Hall–Kier alpha value is -2.45.